The summed E-state index contributed by atoms with van der Waals surface area (Å²) in [5, 5.41) is 20.2. The molecular formula is C23H22FN5OS2. The maximum absolute atomic E-state index is 13.0. The number of halogens is 1. The van der Waals surface area contributed by atoms with Crippen LogP contribution in [0.3, 0.4) is 0 Å². The lowest BCUT2D eigenvalue weighted by atomic mass is 10.1. The van der Waals surface area contributed by atoms with E-state index in [1.807, 2.05) is 0 Å². The summed E-state index contributed by atoms with van der Waals surface area (Å²) in [6.45, 7) is 1.79. The fraction of sp³-hybridized carbons (Fsp3) is 0.304. The number of fused-ring (bicyclic) bond motifs is 1. The molecule has 1 aromatic carbocycles. The number of nitriles is 1. The number of nitrogens with zero attached hydrogens (tertiary/aromatic N) is 3. The number of anilines is 1. The lowest BCUT2D eigenvalue weighted by Crippen LogP contribution is -2.22. The maximum Gasteiger partial charge on any atom is 0.238 e. The van der Waals surface area contributed by atoms with E-state index in [4.69, 9.17) is 0 Å². The Bertz CT molecular complexity index is 1180. The van der Waals surface area contributed by atoms with Crippen LogP contribution in [0.25, 0.3) is 12.2 Å². The Morgan fingerprint density at radius 3 is 2.84 bits per heavy atom. The largest absolute Gasteiger partial charge is 0.316 e. The molecule has 0 spiro atoms. The maximum atomic E-state index is 13.0. The lowest BCUT2D eigenvalue weighted by Gasteiger charge is -2.09. The molecule has 2 N–H and O–H groups in total. The molecule has 9 heteroatoms. The molecule has 0 aliphatic heterocycles. The van der Waals surface area contributed by atoms with Crippen molar-refractivity contribution < 1.29 is 9.18 Å². The minimum Gasteiger partial charge on any atom is -0.316 e. The minimum absolute atomic E-state index is 0.184. The van der Waals surface area contributed by atoms with Crippen LogP contribution in [0.15, 0.2) is 29.4 Å². The molecule has 6 nitrogen and oxygen atoms in total. The van der Waals surface area contributed by atoms with Crippen molar-refractivity contribution in [1.29, 1.82) is 5.26 Å². The van der Waals surface area contributed by atoms with Gasteiger partial charge in [0.2, 0.25) is 11.1 Å². The van der Waals surface area contributed by atoms with E-state index in [9.17, 15) is 14.4 Å². The highest BCUT2D eigenvalue weighted by molar-refractivity contribution is 8.00. The summed E-state index contributed by atoms with van der Waals surface area (Å²) in [5.74, 6) is 0.0715. The lowest BCUT2D eigenvalue weighted by molar-refractivity contribution is -0.115. The molecule has 3 aromatic rings. The standard InChI is InChI=1S/C23H22FN5OS2/c1-14(21(30)27-22-18(13-25)17-5-3-2-4-6-19(17)32-22)31-23-26-20(28-29-23)12-9-15-7-10-16(24)11-8-15/h7-12,14H,2-6H2,1H3,(H,27,30)(H,26,28,29)/b12-9-/t14-/m0/s1. The van der Waals surface area contributed by atoms with E-state index < -0.39 is 5.25 Å². The van der Waals surface area contributed by atoms with Crippen LogP contribution in [0, 0.1) is 17.1 Å². The summed E-state index contributed by atoms with van der Waals surface area (Å²) in [6.07, 6.45) is 8.81. The second kappa shape index (κ2) is 10.1. The number of aromatic amines is 1. The van der Waals surface area contributed by atoms with Crippen molar-refractivity contribution in [1.82, 2.24) is 15.2 Å². The number of aromatic nitrogens is 3. The van der Waals surface area contributed by atoms with Gasteiger partial charge in [-0.25, -0.2) is 9.37 Å². The van der Waals surface area contributed by atoms with E-state index in [-0.39, 0.29) is 11.7 Å². The van der Waals surface area contributed by atoms with Crippen molar-refractivity contribution >= 4 is 46.2 Å². The number of H-pyrrole nitrogens is 1. The molecule has 4 rings (SSSR count). The second-order valence-electron chi connectivity index (χ2n) is 7.52. The Hall–Kier alpha value is -2.96. The predicted octanol–water partition coefficient (Wildman–Crippen LogP) is 5.44. The van der Waals surface area contributed by atoms with Gasteiger partial charge in [0.25, 0.3) is 0 Å². The van der Waals surface area contributed by atoms with Gasteiger partial charge in [-0.3, -0.25) is 9.89 Å². The Morgan fingerprint density at radius 2 is 2.06 bits per heavy atom. The molecule has 0 fully saturated rings. The summed E-state index contributed by atoms with van der Waals surface area (Å²) in [4.78, 5) is 18.4. The van der Waals surface area contributed by atoms with E-state index in [0.29, 0.717) is 21.5 Å². The van der Waals surface area contributed by atoms with Crippen LogP contribution in [0.1, 0.15) is 53.6 Å². The van der Waals surface area contributed by atoms with Gasteiger partial charge in [-0.1, -0.05) is 36.4 Å². The normalized spacial score (nSPS) is 14.5. The molecule has 32 heavy (non-hydrogen) atoms. The molecule has 0 saturated heterocycles. The van der Waals surface area contributed by atoms with Gasteiger partial charge in [-0.05, 0) is 61.9 Å². The first-order chi connectivity index (χ1) is 15.5. The third-order valence-corrected chi connectivity index (χ3v) is 7.38. The average Bonchev–Trinajstić information content (AvgIpc) is 3.29. The van der Waals surface area contributed by atoms with Gasteiger partial charge in [0, 0.05) is 4.88 Å². The van der Waals surface area contributed by atoms with Crippen molar-refractivity contribution in [3.05, 3.63) is 57.5 Å². The van der Waals surface area contributed by atoms with Gasteiger partial charge in [-0.15, -0.1) is 16.4 Å². The van der Waals surface area contributed by atoms with Crippen LogP contribution in [0.5, 0.6) is 0 Å². The van der Waals surface area contributed by atoms with E-state index in [2.05, 4.69) is 26.6 Å². The van der Waals surface area contributed by atoms with Gasteiger partial charge < -0.3 is 5.32 Å². The van der Waals surface area contributed by atoms with Gasteiger partial charge in [-0.2, -0.15) is 5.26 Å². The molecule has 0 bridgehead atoms. The molecule has 0 unspecified atom stereocenters. The second-order valence-corrected chi connectivity index (χ2v) is 9.93. The molecule has 0 radical (unpaired) electrons. The third-order valence-electron chi connectivity index (χ3n) is 5.21. The van der Waals surface area contributed by atoms with Crippen LogP contribution in [-0.2, 0) is 17.6 Å². The highest BCUT2D eigenvalue weighted by Gasteiger charge is 2.23. The van der Waals surface area contributed by atoms with Gasteiger partial charge in [0.15, 0.2) is 0 Å². The number of hydrogen-bond acceptors (Lipinski definition) is 6. The van der Waals surface area contributed by atoms with Crippen molar-refractivity contribution in [3.8, 4) is 6.07 Å². The fourth-order valence-electron chi connectivity index (χ4n) is 3.51. The van der Waals surface area contributed by atoms with Crippen LogP contribution >= 0.6 is 23.1 Å². The summed E-state index contributed by atoms with van der Waals surface area (Å²) >= 11 is 2.77. The molecule has 2 heterocycles. The highest BCUT2D eigenvalue weighted by atomic mass is 32.2. The Labute approximate surface area is 194 Å². The first kappa shape index (κ1) is 22.2. The number of thioether (sulfide) groups is 1. The number of benzene rings is 1. The van der Waals surface area contributed by atoms with Crippen LogP contribution in [-0.4, -0.2) is 26.3 Å². The van der Waals surface area contributed by atoms with Gasteiger partial charge >= 0.3 is 0 Å². The molecule has 1 atom stereocenters. The molecule has 164 valence electrons. The molecule has 1 aliphatic carbocycles. The third kappa shape index (κ3) is 5.26. The van der Waals surface area contributed by atoms with Gasteiger partial charge in [0.05, 0.1) is 10.8 Å². The summed E-state index contributed by atoms with van der Waals surface area (Å²) in [6, 6.07) is 8.42. The van der Waals surface area contributed by atoms with Crippen LogP contribution in [0.4, 0.5) is 9.39 Å². The van der Waals surface area contributed by atoms with Crippen molar-refractivity contribution in [3.63, 3.8) is 0 Å². The number of carbonyl (C=O) groups excluding carboxylic acids is 1. The monoisotopic (exact) mass is 467 g/mol. The van der Waals surface area contributed by atoms with Gasteiger partial charge in [0.1, 0.15) is 22.7 Å². The summed E-state index contributed by atoms with van der Waals surface area (Å²) in [5.41, 5.74) is 2.56. The topological polar surface area (TPSA) is 94.5 Å². The zero-order chi connectivity index (χ0) is 22.5. The zero-order valence-electron chi connectivity index (χ0n) is 17.5. The number of rotatable bonds is 6. The van der Waals surface area contributed by atoms with Crippen LogP contribution in [0.2, 0.25) is 0 Å². The Morgan fingerprint density at radius 1 is 1.28 bits per heavy atom. The predicted molar refractivity (Wildman–Crippen MR) is 126 cm³/mol. The fourth-order valence-corrected chi connectivity index (χ4v) is 5.48. The summed E-state index contributed by atoms with van der Waals surface area (Å²) in [7, 11) is 0. The number of nitrogens with one attached hydrogen (secondary N) is 2. The molecular weight excluding hydrogens is 445 g/mol. The van der Waals surface area contributed by atoms with E-state index in [1.165, 1.54) is 46.5 Å². The number of aryl methyl sites for hydroxylation is 1. The summed E-state index contributed by atoms with van der Waals surface area (Å²) < 4.78 is 13.0. The SMILES string of the molecule is C[C@H](Sc1n[nH]c(/C=C\c2ccc(F)cc2)n1)C(=O)Nc1sc2c(c1C#N)CCCCC2. The highest BCUT2D eigenvalue weighted by Crippen LogP contribution is 2.37. The Kier molecular flexibility index (Phi) is 7.02. The number of carbonyl (C=O) groups is 1. The number of thiophene rings is 1. The number of amides is 1. The van der Waals surface area contributed by atoms with E-state index in [1.54, 1.807) is 31.2 Å². The van der Waals surface area contributed by atoms with Crippen molar-refractivity contribution in [2.24, 2.45) is 0 Å². The molecule has 1 aliphatic rings. The molecule has 2 aromatic heterocycles. The first-order valence-corrected chi connectivity index (χ1v) is 12.1. The smallest absolute Gasteiger partial charge is 0.238 e. The minimum atomic E-state index is -0.437. The Balaban J connectivity index is 1.38. The quantitative estimate of drug-likeness (QED) is 0.372. The van der Waals surface area contributed by atoms with Crippen molar-refractivity contribution in [2.45, 2.75) is 49.4 Å². The van der Waals surface area contributed by atoms with E-state index in [0.717, 1.165) is 36.8 Å². The average molecular weight is 468 g/mol. The first-order valence-electron chi connectivity index (χ1n) is 10.4. The van der Waals surface area contributed by atoms with E-state index >= 15 is 0 Å². The number of hydrogen-bond donors (Lipinski definition) is 2. The molecule has 0 saturated carbocycles. The zero-order valence-corrected chi connectivity index (χ0v) is 19.2. The van der Waals surface area contributed by atoms with Crippen molar-refractivity contribution in [2.75, 3.05) is 5.32 Å². The van der Waals surface area contributed by atoms with Crippen LogP contribution < -0.4 is 5.32 Å². The molecule has 1 amide bonds.